The van der Waals surface area contributed by atoms with E-state index >= 15 is 0 Å². The molecule has 2 aromatic rings. The van der Waals surface area contributed by atoms with Crippen LogP contribution in [0.3, 0.4) is 0 Å². The first-order chi connectivity index (χ1) is 11.1. The van der Waals surface area contributed by atoms with E-state index in [1.54, 1.807) is 25.1 Å². The summed E-state index contributed by atoms with van der Waals surface area (Å²) >= 11 is 6.08. The predicted molar refractivity (Wildman–Crippen MR) is 92.2 cm³/mol. The van der Waals surface area contributed by atoms with Crippen molar-refractivity contribution < 1.29 is 4.79 Å². The van der Waals surface area contributed by atoms with Crippen molar-refractivity contribution in [2.75, 3.05) is 23.3 Å². The zero-order chi connectivity index (χ0) is 16.2. The lowest BCUT2D eigenvalue weighted by Gasteiger charge is -2.28. The van der Waals surface area contributed by atoms with E-state index < -0.39 is 0 Å². The van der Waals surface area contributed by atoms with E-state index in [4.69, 9.17) is 11.6 Å². The zero-order valence-electron chi connectivity index (χ0n) is 13.1. The Morgan fingerprint density at radius 3 is 2.65 bits per heavy atom. The van der Waals surface area contributed by atoms with Gasteiger partial charge in [0.2, 0.25) is 0 Å². The monoisotopic (exact) mass is 330 g/mol. The highest BCUT2D eigenvalue weighted by molar-refractivity contribution is 6.33. The standard InChI is InChI=1S/C17H19ClN4O/c1-12-19-15(11-16(20-12)22-9-5-2-6-10-22)17(23)21-14-8-4-3-7-13(14)18/h3-4,7-8,11H,2,5-6,9-10H2,1H3,(H,21,23). The summed E-state index contributed by atoms with van der Waals surface area (Å²) < 4.78 is 0. The van der Waals surface area contributed by atoms with Crippen LogP contribution in [0.5, 0.6) is 0 Å². The fourth-order valence-electron chi connectivity index (χ4n) is 2.70. The van der Waals surface area contributed by atoms with E-state index in [1.165, 1.54) is 6.42 Å². The number of carbonyl (C=O) groups excluding carboxylic acids is 1. The lowest BCUT2D eigenvalue weighted by molar-refractivity contribution is 0.102. The Balaban J connectivity index is 1.83. The largest absolute Gasteiger partial charge is 0.356 e. The second kappa shape index (κ2) is 6.96. The Kier molecular flexibility index (Phi) is 4.76. The summed E-state index contributed by atoms with van der Waals surface area (Å²) in [4.78, 5) is 23.4. The van der Waals surface area contributed by atoms with Gasteiger partial charge in [0.25, 0.3) is 5.91 Å². The third-order valence-corrected chi connectivity index (χ3v) is 4.19. The van der Waals surface area contributed by atoms with Crippen molar-refractivity contribution >= 4 is 29.0 Å². The minimum atomic E-state index is -0.276. The number of aromatic nitrogens is 2. The number of para-hydroxylation sites is 1. The number of halogens is 1. The van der Waals surface area contributed by atoms with Gasteiger partial charge < -0.3 is 10.2 Å². The summed E-state index contributed by atoms with van der Waals surface area (Å²) in [7, 11) is 0. The van der Waals surface area contributed by atoms with Crippen molar-refractivity contribution in [2.24, 2.45) is 0 Å². The van der Waals surface area contributed by atoms with Crippen LogP contribution in [0.15, 0.2) is 30.3 Å². The molecule has 6 heteroatoms. The van der Waals surface area contributed by atoms with Gasteiger partial charge in [0, 0.05) is 19.2 Å². The number of aryl methyl sites for hydroxylation is 1. The Bertz CT molecular complexity index is 713. The minimum Gasteiger partial charge on any atom is -0.356 e. The lowest BCUT2D eigenvalue weighted by atomic mass is 10.1. The first-order valence-electron chi connectivity index (χ1n) is 7.80. The van der Waals surface area contributed by atoms with Gasteiger partial charge in [-0.15, -0.1) is 0 Å². The van der Waals surface area contributed by atoms with Gasteiger partial charge in [0.1, 0.15) is 17.3 Å². The Morgan fingerprint density at radius 2 is 1.91 bits per heavy atom. The van der Waals surface area contributed by atoms with Crippen LogP contribution >= 0.6 is 11.6 Å². The van der Waals surface area contributed by atoms with Crippen molar-refractivity contribution in [3.05, 3.63) is 46.9 Å². The van der Waals surface area contributed by atoms with Crippen molar-refractivity contribution in [3.63, 3.8) is 0 Å². The summed E-state index contributed by atoms with van der Waals surface area (Å²) in [5.74, 6) is 1.14. The molecule has 3 rings (SSSR count). The highest BCUT2D eigenvalue weighted by Crippen LogP contribution is 2.22. The molecule has 23 heavy (non-hydrogen) atoms. The topological polar surface area (TPSA) is 58.1 Å². The van der Waals surface area contributed by atoms with Crippen LogP contribution in [0.1, 0.15) is 35.6 Å². The molecule has 1 N–H and O–H groups in total. The van der Waals surface area contributed by atoms with Gasteiger partial charge in [-0.2, -0.15) is 0 Å². The maximum absolute atomic E-state index is 12.5. The first-order valence-corrected chi connectivity index (χ1v) is 8.18. The Hall–Kier alpha value is -2.14. The molecular weight excluding hydrogens is 312 g/mol. The van der Waals surface area contributed by atoms with Crippen LogP contribution in [-0.4, -0.2) is 29.0 Å². The van der Waals surface area contributed by atoms with Crippen LogP contribution in [-0.2, 0) is 0 Å². The number of carbonyl (C=O) groups is 1. The fraction of sp³-hybridized carbons (Fsp3) is 0.353. The molecule has 2 heterocycles. The Morgan fingerprint density at radius 1 is 1.17 bits per heavy atom. The molecule has 5 nitrogen and oxygen atoms in total. The number of rotatable bonds is 3. The average molecular weight is 331 g/mol. The number of hydrogen-bond donors (Lipinski definition) is 1. The predicted octanol–water partition coefficient (Wildman–Crippen LogP) is 3.68. The highest BCUT2D eigenvalue weighted by Gasteiger charge is 2.17. The molecule has 0 spiro atoms. The van der Waals surface area contributed by atoms with Crippen LogP contribution in [0.4, 0.5) is 11.5 Å². The molecule has 120 valence electrons. The fourth-order valence-corrected chi connectivity index (χ4v) is 2.89. The van der Waals surface area contributed by atoms with Crippen molar-refractivity contribution in [3.8, 4) is 0 Å². The molecule has 0 atom stereocenters. The number of nitrogens with zero attached hydrogens (tertiary/aromatic N) is 3. The van der Waals surface area contributed by atoms with Crippen LogP contribution < -0.4 is 10.2 Å². The molecule has 1 fully saturated rings. The molecule has 0 aliphatic carbocycles. The minimum absolute atomic E-state index is 0.276. The van der Waals surface area contributed by atoms with Crippen molar-refractivity contribution in [2.45, 2.75) is 26.2 Å². The maximum atomic E-state index is 12.5. The van der Waals surface area contributed by atoms with Crippen LogP contribution in [0.25, 0.3) is 0 Å². The second-order valence-corrected chi connectivity index (χ2v) is 6.05. The molecule has 1 aromatic carbocycles. The summed E-state index contributed by atoms with van der Waals surface area (Å²) in [5.41, 5.74) is 0.938. The normalized spacial score (nSPS) is 14.6. The average Bonchev–Trinajstić information content (AvgIpc) is 2.57. The van der Waals surface area contributed by atoms with E-state index in [9.17, 15) is 4.79 Å². The van der Waals surface area contributed by atoms with E-state index in [0.29, 0.717) is 22.2 Å². The van der Waals surface area contributed by atoms with E-state index in [2.05, 4.69) is 20.2 Å². The molecule has 1 aliphatic rings. The summed E-state index contributed by atoms with van der Waals surface area (Å²) in [6.45, 7) is 3.75. The Labute approximate surface area is 140 Å². The van der Waals surface area contributed by atoms with Gasteiger partial charge in [0.05, 0.1) is 10.7 Å². The van der Waals surface area contributed by atoms with E-state index in [0.717, 1.165) is 31.7 Å². The van der Waals surface area contributed by atoms with Gasteiger partial charge >= 0.3 is 0 Å². The lowest BCUT2D eigenvalue weighted by Crippen LogP contribution is -2.31. The molecule has 0 saturated carbocycles. The number of anilines is 2. The second-order valence-electron chi connectivity index (χ2n) is 5.64. The third-order valence-electron chi connectivity index (χ3n) is 3.86. The molecule has 1 saturated heterocycles. The van der Waals surface area contributed by atoms with E-state index in [1.807, 2.05) is 12.1 Å². The quantitative estimate of drug-likeness (QED) is 0.932. The van der Waals surface area contributed by atoms with Crippen LogP contribution in [0.2, 0.25) is 5.02 Å². The van der Waals surface area contributed by atoms with Gasteiger partial charge in [-0.1, -0.05) is 23.7 Å². The molecule has 0 radical (unpaired) electrons. The van der Waals surface area contributed by atoms with Gasteiger partial charge in [-0.05, 0) is 38.3 Å². The number of piperidine rings is 1. The smallest absolute Gasteiger partial charge is 0.274 e. The van der Waals surface area contributed by atoms with Crippen molar-refractivity contribution in [1.29, 1.82) is 0 Å². The number of amides is 1. The summed E-state index contributed by atoms with van der Waals surface area (Å²) in [6, 6.07) is 8.90. The molecule has 1 aliphatic heterocycles. The summed E-state index contributed by atoms with van der Waals surface area (Å²) in [5, 5.41) is 3.31. The van der Waals surface area contributed by atoms with Crippen LogP contribution in [0, 0.1) is 6.92 Å². The van der Waals surface area contributed by atoms with Gasteiger partial charge in [-0.3, -0.25) is 4.79 Å². The maximum Gasteiger partial charge on any atom is 0.274 e. The van der Waals surface area contributed by atoms with Crippen molar-refractivity contribution in [1.82, 2.24) is 9.97 Å². The van der Waals surface area contributed by atoms with Gasteiger partial charge in [-0.25, -0.2) is 9.97 Å². The molecule has 1 aromatic heterocycles. The molecular formula is C17H19ClN4O. The van der Waals surface area contributed by atoms with E-state index in [-0.39, 0.29) is 5.91 Å². The summed E-state index contributed by atoms with van der Waals surface area (Å²) in [6.07, 6.45) is 3.56. The zero-order valence-corrected chi connectivity index (χ0v) is 13.8. The number of hydrogen-bond acceptors (Lipinski definition) is 4. The molecule has 1 amide bonds. The third kappa shape index (κ3) is 3.79. The number of benzene rings is 1. The first kappa shape index (κ1) is 15.7. The SMILES string of the molecule is Cc1nc(C(=O)Nc2ccccc2Cl)cc(N2CCCCC2)n1. The molecule has 0 unspecified atom stereocenters. The molecule has 0 bridgehead atoms. The highest BCUT2D eigenvalue weighted by atomic mass is 35.5. The number of nitrogens with one attached hydrogen (secondary N) is 1. The van der Waals surface area contributed by atoms with Gasteiger partial charge in [0.15, 0.2) is 0 Å².